The molecule has 1 aromatic heterocycles. The van der Waals surface area contributed by atoms with E-state index in [9.17, 15) is 0 Å². The first-order chi connectivity index (χ1) is 9.30. The molecule has 1 aromatic rings. The summed E-state index contributed by atoms with van der Waals surface area (Å²) in [7, 11) is 2.20. The molecule has 0 aromatic carbocycles. The van der Waals surface area contributed by atoms with E-state index in [1.54, 1.807) is 6.26 Å². The smallest absolute Gasteiger partial charge is 0.105 e. The van der Waals surface area contributed by atoms with Crippen molar-refractivity contribution in [3.8, 4) is 0 Å². The topological polar surface area (TPSA) is 42.4 Å². The van der Waals surface area contributed by atoms with Gasteiger partial charge in [-0.25, -0.2) is 0 Å². The van der Waals surface area contributed by atoms with Crippen LogP contribution < -0.4 is 5.73 Å². The minimum absolute atomic E-state index is 0.0754. The fourth-order valence-corrected chi connectivity index (χ4v) is 3.24. The fourth-order valence-electron chi connectivity index (χ4n) is 3.24. The first kappa shape index (κ1) is 17.3. The Hall–Kier alpha value is -0.800. The van der Waals surface area contributed by atoms with Crippen LogP contribution in [0.15, 0.2) is 16.7 Å². The summed E-state index contributed by atoms with van der Waals surface area (Å²) in [6, 6.07) is 2.07. The lowest BCUT2D eigenvalue weighted by Crippen LogP contribution is -2.53. The summed E-state index contributed by atoms with van der Waals surface area (Å²) in [6.45, 7) is 12.8. The largest absolute Gasteiger partial charge is 0.469 e. The van der Waals surface area contributed by atoms with E-state index in [-0.39, 0.29) is 5.54 Å². The standard InChI is InChI=1S/C17H32N2O/c1-13(2)9-17(12-18,10-14(3)4)19(6)11-16-7-8-20-15(16)5/h7-8,13-14H,9-12,18H2,1-6H3. The van der Waals surface area contributed by atoms with E-state index in [0.717, 1.165) is 25.1 Å². The molecule has 0 spiro atoms. The van der Waals surface area contributed by atoms with Gasteiger partial charge in [0, 0.05) is 24.2 Å². The van der Waals surface area contributed by atoms with Gasteiger partial charge in [-0.2, -0.15) is 0 Å². The summed E-state index contributed by atoms with van der Waals surface area (Å²) in [5.74, 6) is 2.30. The number of likely N-dealkylation sites (N-methyl/N-ethyl adjacent to an activating group) is 1. The van der Waals surface area contributed by atoms with Gasteiger partial charge < -0.3 is 10.2 Å². The van der Waals surface area contributed by atoms with E-state index in [2.05, 4.69) is 45.7 Å². The third-order valence-electron chi connectivity index (χ3n) is 4.14. The maximum atomic E-state index is 6.21. The van der Waals surface area contributed by atoms with Gasteiger partial charge in [-0.05, 0) is 44.7 Å². The Kier molecular flexibility index (Phi) is 6.28. The highest BCUT2D eigenvalue weighted by Gasteiger charge is 2.34. The van der Waals surface area contributed by atoms with Gasteiger partial charge in [-0.3, -0.25) is 4.90 Å². The number of hydrogen-bond acceptors (Lipinski definition) is 3. The Morgan fingerprint density at radius 1 is 1.20 bits per heavy atom. The van der Waals surface area contributed by atoms with Crippen LogP contribution in [0.4, 0.5) is 0 Å². The molecule has 0 aliphatic carbocycles. The van der Waals surface area contributed by atoms with E-state index < -0.39 is 0 Å². The van der Waals surface area contributed by atoms with Crippen molar-refractivity contribution in [2.45, 2.75) is 59.5 Å². The normalized spacial score (nSPS) is 12.9. The second kappa shape index (κ2) is 7.28. The first-order valence-corrected chi connectivity index (χ1v) is 7.75. The maximum Gasteiger partial charge on any atom is 0.105 e. The third-order valence-corrected chi connectivity index (χ3v) is 4.14. The van der Waals surface area contributed by atoms with Crippen LogP contribution in [0.5, 0.6) is 0 Å². The SMILES string of the molecule is Cc1occc1CN(C)C(CN)(CC(C)C)CC(C)C. The van der Waals surface area contributed by atoms with Crippen LogP contribution in [0.3, 0.4) is 0 Å². The third kappa shape index (κ3) is 4.35. The Morgan fingerprint density at radius 2 is 1.75 bits per heavy atom. The quantitative estimate of drug-likeness (QED) is 0.787. The van der Waals surface area contributed by atoms with E-state index in [1.165, 1.54) is 5.56 Å². The number of nitrogens with two attached hydrogens (primary N) is 1. The highest BCUT2D eigenvalue weighted by Crippen LogP contribution is 2.31. The molecule has 0 aliphatic rings. The molecule has 0 radical (unpaired) electrons. The molecule has 1 heterocycles. The Labute approximate surface area is 124 Å². The predicted molar refractivity (Wildman–Crippen MR) is 85.6 cm³/mol. The Bertz CT molecular complexity index is 385. The number of hydrogen-bond donors (Lipinski definition) is 1. The van der Waals surface area contributed by atoms with E-state index >= 15 is 0 Å². The van der Waals surface area contributed by atoms with Crippen molar-refractivity contribution in [3.05, 3.63) is 23.7 Å². The highest BCUT2D eigenvalue weighted by atomic mass is 16.3. The molecule has 0 saturated carbocycles. The van der Waals surface area contributed by atoms with E-state index in [0.29, 0.717) is 18.4 Å². The predicted octanol–water partition coefficient (Wildman–Crippen LogP) is 3.81. The van der Waals surface area contributed by atoms with Crippen molar-refractivity contribution in [1.82, 2.24) is 4.90 Å². The zero-order valence-electron chi connectivity index (χ0n) is 14.1. The van der Waals surface area contributed by atoms with Crippen LogP contribution in [-0.2, 0) is 6.54 Å². The second-order valence-corrected chi connectivity index (χ2v) is 6.98. The summed E-state index contributed by atoms with van der Waals surface area (Å²) in [4.78, 5) is 2.44. The van der Waals surface area contributed by atoms with E-state index in [1.807, 2.05) is 6.92 Å². The molecule has 0 amide bonds. The summed E-state index contributed by atoms with van der Waals surface area (Å²) in [5, 5.41) is 0. The van der Waals surface area contributed by atoms with Crippen molar-refractivity contribution in [1.29, 1.82) is 0 Å². The molecule has 0 aliphatic heterocycles. The number of nitrogens with zero attached hydrogens (tertiary/aromatic N) is 1. The molecule has 1 rings (SSSR count). The highest BCUT2D eigenvalue weighted by molar-refractivity contribution is 5.15. The van der Waals surface area contributed by atoms with Gasteiger partial charge in [0.15, 0.2) is 0 Å². The summed E-state index contributed by atoms with van der Waals surface area (Å²) >= 11 is 0. The minimum atomic E-state index is 0.0754. The second-order valence-electron chi connectivity index (χ2n) is 6.98. The van der Waals surface area contributed by atoms with Crippen molar-refractivity contribution in [2.75, 3.05) is 13.6 Å². The van der Waals surface area contributed by atoms with Crippen molar-refractivity contribution in [3.63, 3.8) is 0 Å². The minimum Gasteiger partial charge on any atom is -0.469 e. The van der Waals surface area contributed by atoms with Gasteiger partial charge in [-0.15, -0.1) is 0 Å². The monoisotopic (exact) mass is 280 g/mol. The Morgan fingerprint density at radius 3 is 2.10 bits per heavy atom. The molecule has 3 heteroatoms. The summed E-state index contributed by atoms with van der Waals surface area (Å²) in [5.41, 5.74) is 7.54. The number of rotatable bonds is 8. The van der Waals surface area contributed by atoms with Crippen LogP contribution >= 0.6 is 0 Å². The molecule has 0 atom stereocenters. The van der Waals surface area contributed by atoms with Crippen LogP contribution in [0, 0.1) is 18.8 Å². The summed E-state index contributed by atoms with van der Waals surface area (Å²) in [6.07, 6.45) is 4.04. The maximum absolute atomic E-state index is 6.21. The number of aryl methyl sites for hydroxylation is 1. The molecule has 20 heavy (non-hydrogen) atoms. The van der Waals surface area contributed by atoms with Crippen LogP contribution in [0.1, 0.15) is 51.9 Å². The lowest BCUT2D eigenvalue weighted by Gasteiger charge is -2.44. The molecule has 0 saturated heterocycles. The first-order valence-electron chi connectivity index (χ1n) is 7.75. The zero-order valence-corrected chi connectivity index (χ0v) is 14.1. The van der Waals surface area contributed by atoms with Crippen molar-refractivity contribution in [2.24, 2.45) is 17.6 Å². The van der Waals surface area contributed by atoms with Crippen LogP contribution in [-0.4, -0.2) is 24.0 Å². The van der Waals surface area contributed by atoms with Crippen LogP contribution in [0.2, 0.25) is 0 Å². The molecule has 0 unspecified atom stereocenters. The van der Waals surface area contributed by atoms with Crippen molar-refractivity contribution < 1.29 is 4.42 Å². The zero-order chi connectivity index (χ0) is 15.3. The lowest BCUT2D eigenvalue weighted by molar-refractivity contribution is 0.0710. The fraction of sp³-hybridized carbons (Fsp3) is 0.765. The molecule has 0 fully saturated rings. The van der Waals surface area contributed by atoms with Gasteiger partial charge in [-0.1, -0.05) is 27.7 Å². The molecule has 3 nitrogen and oxygen atoms in total. The van der Waals surface area contributed by atoms with E-state index in [4.69, 9.17) is 10.2 Å². The number of furan rings is 1. The van der Waals surface area contributed by atoms with Gasteiger partial charge >= 0.3 is 0 Å². The molecular formula is C17H32N2O. The van der Waals surface area contributed by atoms with Crippen molar-refractivity contribution >= 4 is 0 Å². The van der Waals surface area contributed by atoms with Gasteiger partial charge in [0.25, 0.3) is 0 Å². The molecule has 0 bridgehead atoms. The van der Waals surface area contributed by atoms with Crippen LogP contribution in [0.25, 0.3) is 0 Å². The molecule has 2 N–H and O–H groups in total. The lowest BCUT2D eigenvalue weighted by atomic mass is 9.80. The van der Waals surface area contributed by atoms with Gasteiger partial charge in [0.2, 0.25) is 0 Å². The average Bonchev–Trinajstić information content (AvgIpc) is 2.72. The van der Waals surface area contributed by atoms with Gasteiger partial charge in [0.1, 0.15) is 5.76 Å². The summed E-state index contributed by atoms with van der Waals surface area (Å²) < 4.78 is 5.42. The Balaban J connectivity index is 2.92. The average molecular weight is 280 g/mol. The molecule has 116 valence electrons. The van der Waals surface area contributed by atoms with Gasteiger partial charge in [0.05, 0.1) is 6.26 Å². The molecular weight excluding hydrogens is 248 g/mol.